The molecule has 0 aliphatic heterocycles. The van der Waals surface area contributed by atoms with E-state index in [1.165, 1.54) is 17.0 Å². The third-order valence-electron chi connectivity index (χ3n) is 8.16. The summed E-state index contributed by atoms with van der Waals surface area (Å²) in [6.45, 7) is 14.8. The van der Waals surface area contributed by atoms with Gasteiger partial charge < -0.3 is 9.52 Å². The zero-order chi connectivity index (χ0) is 30.4. The maximum Gasteiger partial charge on any atom is 0.294 e. The normalized spacial score (nSPS) is 12.1. The van der Waals surface area contributed by atoms with Crippen molar-refractivity contribution in [3.8, 4) is 5.69 Å². The Hall–Kier alpha value is -3.27. The number of hydrogen-bond acceptors (Lipinski definition) is 3. The predicted molar refractivity (Wildman–Crippen MR) is 173 cm³/mol. The summed E-state index contributed by atoms with van der Waals surface area (Å²) in [6, 6.07) is 26.4. The number of aliphatic hydroxyl groups excluding tert-OH is 1. The van der Waals surface area contributed by atoms with E-state index >= 15 is 0 Å². The Morgan fingerprint density at radius 2 is 1.49 bits per heavy atom. The van der Waals surface area contributed by atoms with E-state index in [-0.39, 0.29) is 48.9 Å². The molecular formula is C38H44IrNO3-. The summed E-state index contributed by atoms with van der Waals surface area (Å²) < 4.78 is 8.17. The number of hydrogen-bond donors (Lipinski definition) is 1. The van der Waals surface area contributed by atoms with Gasteiger partial charge in [-0.05, 0) is 37.2 Å². The van der Waals surface area contributed by atoms with Gasteiger partial charge in [-0.1, -0.05) is 84.9 Å². The average Bonchev–Trinajstić information content (AvgIpc) is 3.36. The second-order valence-corrected chi connectivity index (χ2v) is 12.0. The van der Waals surface area contributed by atoms with E-state index in [1.807, 2.05) is 56.5 Å². The molecule has 1 N–H and O–H groups in total. The van der Waals surface area contributed by atoms with Gasteiger partial charge in [0.25, 0.3) is 5.71 Å². The fourth-order valence-electron chi connectivity index (χ4n) is 5.55. The summed E-state index contributed by atoms with van der Waals surface area (Å²) in [7, 11) is 0. The molecule has 5 aromatic rings. The van der Waals surface area contributed by atoms with E-state index in [9.17, 15) is 9.90 Å². The molecule has 4 nitrogen and oxygen atoms in total. The molecule has 0 atom stereocenters. The average molecular weight is 755 g/mol. The van der Waals surface area contributed by atoms with Crippen LogP contribution in [0.4, 0.5) is 0 Å². The first-order valence-corrected chi connectivity index (χ1v) is 15.3. The van der Waals surface area contributed by atoms with E-state index in [2.05, 4.69) is 75.5 Å². The maximum absolute atomic E-state index is 11.7. The van der Waals surface area contributed by atoms with Crippen molar-refractivity contribution in [1.82, 2.24) is 0 Å². The van der Waals surface area contributed by atoms with Gasteiger partial charge in [0, 0.05) is 48.8 Å². The van der Waals surface area contributed by atoms with Gasteiger partial charge in [-0.15, -0.1) is 46.7 Å². The van der Waals surface area contributed by atoms with Crippen molar-refractivity contribution < 1.29 is 39.0 Å². The number of nitrogens with zero attached hydrogens (tertiary/aromatic N) is 1. The van der Waals surface area contributed by atoms with E-state index in [4.69, 9.17) is 4.42 Å². The van der Waals surface area contributed by atoms with Gasteiger partial charge in [0.05, 0.1) is 11.4 Å². The molecule has 43 heavy (non-hydrogen) atoms. The number of furan rings is 1. The van der Waals surface area contributed by atoms with Crippen LogP contribution in [0.25, 0.3) is 38.5 Å². The molecule has 0 bridgehead atoms. The summed E-state index contributed by atoms with van der Waals surface area (Å²) in [4.78, 5) is 11.7. The molecule has 5 heteroatoms. The Kier molecular flexibility index (Phi) is 11.9. The summed E-state index contributed by atoms with van der Waals surface area (Å²) in [5, 5.41) is 14.3. The van der Waals surface area contributed by atoms with Crippen LogP contribution >= 0.6 is 0 Å². The number of aromatic nitrogens is 1. The summed E-state index contributed by atoms with van der Waals surface area (Å²) in [5.74, 6) is 0.547. The Bertz CT molecular complexity index is 1700. The number of ketones is 1. The number of pyridine rings is 1. The smallest absolute Gasteiger partial charge is 0.294 e. The van der Waals surface area contributed by atoms with Crippen molar-refractivity contribution >= 4 is 38.6 Å². The van der Waals surface area contributed by atoms with Crippen LogP contribution in [0.2, 0.25) is 0 Å². The van der Waals surface area contributed by atoms with Crippen LogP contribution < -0.4 is 4.57 Å². The number of benzene rings is 3. The SMILES string of the molecule is CC(C)(C)c1cc(-[n+]2[c-]ccc3c4ccccc4oc32)[c-]c2ccccc12.CCC(CC)C(=O)/C=C(\O)C(CC)CC.[Ir]. The molecule has 1 radical (unpaired) electrons. The number of carbonyl (C=O) groups excluding carboxylic acids is 1. The molecule has 0 unspecified atom stereocenters. The topological polar surface area (TPSA) is 54.3 Å². The van der Waals surface area contributed by atoms with Crippen molar-refractivity contribution in [3.63, 3.8) is 0 Å². The number of aliphatic hydroxyl groups is 1. The molecule has 0 saturated carbocycles. The molecule has 0 saturated heterocycles. The van der Waals surface area contributed by atoms with E-state index < -0.39 is 0 Å². The molecule has 0 spiro atoms. The Morgan fingerprint density at radius 1 is 0.884 bits per heavy atom. The minimum Gasteiger partial charge on any atom is -0.512 e. The fraction of sp³-hybridized carbons (Fsp3) is 0.368. The minimum atomic E-state index is 0. The molecule has 0 amide bonds. The molecule has 2 heterocycles. The van der Waals surface area contributed by atoms with Crippen molar-refractivity contribution in [3.05, 3.63) is 96.4 Å². The van der Waals surface area contributed by atoms with Crippen molar-refractivity contribution in [2.24, 2.45) is 11.8 Å². The summed E-state index contributed by atoms with van der Waals surface area (Å²) in [5.41, 5.74) is 3.94. The second kappa shape index (κ2) is 14.9. The predicted octanol–water partition coefficient (Wildman–Crippen LogP) is 9.78. The van der Waals surface area contributed by atoms with Crippen LogP contribution in [0.15, 0.2) is 83.0 Å². The molecule has 0 aliphatic carbocycles. The van der Waals surface area contributed by atoms with Crippen LogP contribution in [0.5, 0.6) is 0 Å². The van der Waals surface area contributed by atoms with Gasteiger partial charge in [0.15, 0.2) is 12.0 Å². The number of rotatable bonds is 8. The van der Waals surface area contributed by atoms with Crippen LogP contribution in [0, 0.1) is 24.1 Å². The second-order valence-electron chi connectivity index (χ2n) is 12.0. The minimum absolute atomic E-state index is 0. The zero-order valence-corrected chi connectivity index (χ0v) is 28.9. The largest absolute Gasteiger partial charge is 0.512 e. The van der Waals surface area contributed by atoms with Crippen LogP contribution in [-0.2, 0) is 30.3 Å². The van der Waals surface area contributed by atoms with Crippen molar-refractivity contribution in [2.75, 3.05) is 0 Å². The van der Waals surface area contributed by atoms with Crippen LogP contribution in [0.1, 0.15) is 79.7 Å². The van der Waals surface area contributed by atoms with Gasteiger partial charge in [0.1, 0.15) is 5.58 Å². The molecular weight excluding hydrogens is 711 g/mol. The standard InChI is InChI=1S/C25H20NO.C13H24O2.Ir/c1-25(2,3)22-16-18(15-17-9-4-5-10-19(17)22)26-14-8-12-21-20-11-6-7-13-23(20)27-24(21)26;1-5-10(6-2)12(14)9-13(15)11(7-3)8-4;/h4-13,16H,1-3H3;9-11,14H,5-8H2,1-4H3;/q-1;;/b;12-9-;. The number of allylic oxidation sites excluding steroid dienone is 2. The number of carbonyl (C=O) groups is 1. The molecule has 0 fully saturated rings. The van der Waals surface area contributed by atoms with E-state index in [1.54, 1.807) is 0 Å². The third-order valence-corrected chi connectivity index (χ3v) is 8.16. The van der Waals surface area contributed by atoms with Gasteiger partial charge >= 0.3 is 0 Å². The number of para-hydroxylation sites is 1. The maximum atomic E-state index is 11.7. The molecule has 2 aromatic heterocycles. The molecule has 5 rings (SSSR count). The molecule has 229 valence electrons. The van der Waals surface area contributed by atoms with Gasteiger partial charge in [0.2, 0.25) is 0 Å². The monoisotopic (exact) mass is 755 g/mol. The number of fused-ring (bicyclic) bond motifs is 4. The molecule has 3 aromatic carbocycles. The van der Waals surface area contributed by atoms with Crippen LogP contribution in [0.3, 0.4) is 0 Å². The first-order chi connectivity index (χ1) is 20.1. The Balaban J connectivity index is 0.000000274. The van der Waals surface area contributed by atoms with E-state index in [0.717, 1.165) is 58.8 Å². The first-order valence-electron chi connectivity index (χ1n) is 15.3. The van der Waals surface area contributed by atoms with Crippen molar-refractivity contribution in [2.45, 2.75) is 79.6 Å². The summed E-state index contributed by atoms with van der Waals surface area (Å²) in [6.07, 6.45) is 8.23. The third kappa shape index (κ3) is 7.63. The Morgan fingerprint density at radius 3 is 2.12 bits per heavy atom. The van der Waals surface area contributed by atoms with Gasteiger partial charge in [-0.3, -0.25) is 9.36 Å². The Labute approximate surface area is 270 Å². The van der Waals surface area contributed by atoms with Gasteiger partial charge in [-0.2, -0.15) is 0 Å². The van der Waals surface area contributed by atoms with Crippen molar-refractivity contribution in [1.29, 1.82) is 0 Å². The quantitative estimate of drug-likeness (QED) is 0.0743. The van der Waals surface area contributed by atoms with Gasteiger partial charge in [-0.25, -0.2) is 0 Å². The zero-order valence-electron chi connectivity index (χ0n) is 26.5. The van der Waals surface area contributed by atoms with Crippen LogP contribution in [-0.4, -0.2) is 10.9 Å². The molecule has 0 aliphatic rings. The fourth-order valence-corrected chi connectivity index (χ4v) is 5.55. The van der Waals surface area contributed by atoms with E-state index in [0.29, 0.717) is 0 Å². The summed E-state index contributed by atoms with van der Waals surface area (Å²) >= 11 is 0. The first kappa shape index (κ1) is 34.2.